The fourth-order valence-corrected chi connectivity index (χ4v) is 2.48. The van der Waals surface area contributed by atoms with Gasteiger partial charge in [0, 0.05) is 0 Å². The average molecular weight is 272 g/mol. The lowest BCUT2D eigenvalue weighted by atomic mass is 10.1. The van der Waals surface area contributed by atoms with Crippen LogP contribution in [0.3, 0.4) is 0 Å². The molecule has 0 saturated heterocycles. The maximum atomic E-state index is 12.0. The number of aryl methyl sites for hydroxylation is 1. The molecule has 0 fully saturated rings. The first kappa shape index (κ1) is 12.4. The summed E-state index contributed by atoms with van der Waals surface area (Å²) in [6.07, 6.45) is 1.74. The third-order valence-electron chi connectivity index (χ3n) is 3.43. The molecule has 0 radical (unpaired) electrons. The maximum absolute atomic E-state index is 12.0. The van der Waals surface area contributed by atoms with Gasteiger partial charge in [-0.15, -0.1) is 0 Å². The van der Waals surface area contributed by atoms with Gasteiger partial charge in [-0.25, -0.2) is 0 Å². The first-order valence-electron chi connectivity index (χ1n) is 6.28. The Balaban J connectivity index is 1.75. The summed E-state index contributed by atoms with van der Waals surface area (Å²) in [6, 6.07) is 10.4. The second kappa shape index (κ2) is 4.80. The number of carbonyl (C=O) groups excluding carboxylic acids is 1. The number of nitro groups is 1. The molecule has 1 N–H and O–H groups in total. The van der Waals surface area contributed by atoms with Crippen LogP contribution in [-0.2, 0) is 6.42 Å². The van der Waals surface area contributed by atoms with Crippen LogP contribution in [0.1, 0.15) is 34.1 Å². The third kappa shape index (κ3) is 2.16. The zero-order chi connectivity index (χ0) is 14.1. The van der Waals surface area contributed by atoms with E-state index in [0.717, 1.165) is 18.4 Å². The van der Waals surface area contributed by atoms with Crippen molar-refractivity contribution < 1.29 is 14.1 Å². The van der Waals surface area contributed by atoms with E-state index in [-0.39, 0.29) is 11.8 Å². The van der Waals surface area contributed by atoms with E-state index in [2.05, 4.69) is 5.32 Å². The summed E-state index contributed by atoms with van der Waals surface area (Å²) in [7, 11) is 0. The quantitative estimate of drug-likeness (QED) is 0.687. The molecule has 0 saturated carbocycles. The second-order valence-electron chi connectivity index (χ2n) is 4.66. The van der Waals surface area contributed by atoms with Crippen molar-refractivity contribution in [2.45, 2.75) is 18.9 Å². The fourth-order valence-electron chi connectivity index (χ4n) is 2.48. The van der Waals surface area contributed by atoms with Gasteiger partial charge in [0.1, 0.15) is 4.92 Å². The van der Waals surface area contributed by atoms with Crippen LogP contribution in [0.25, 0.3) is 0 Å². The number of fused-ring (bicyclic) bond motifs is 1. The van der Waals surface area contributed by atoms with Crippen molar-refractivity contribution in [3.8, 4) is 0 Å². The van der Waals surface area contributed by atoms with Crippen molar-refractivity contribution >= 4 is 11.8 Å². The first-order chi connectivity index (χ1) is 9.65. The Labute approximate surface area is 114 Å². The molecule has 6 heteroatoms. The normalized spacial score (nSPS) is 16.7. The molecular weight excluding hydrogens is 260 g/mol. The van der Waals surface area contributed by atoms with E-state index in [1.54, 1.807) is 0 Å². The monoisotopic (exact) mass is 272 g/mol. The molecular formula is C14H12N2O4. The Kier molecular flexibility index (Phi) is 2.98. The highest BCUT2D eigenvalue weighted by atomic mass is 16.6. The van der Waals surface area contributed by atoms with Crippen LogP contribution in [-0.4, -0.2) is 10.8 Å². The van der Waals surface area contributed by atoms with Gasteiger partial charge < -0.3 is 9.73 Å². The molecule has 1 amide bonds. The molecule has 1 atom stereocenters. The summed E-state index contributed by atoms with van der Waals surface area (Å²) in [6.45, 7) is 0. The molecule has 3 rings (SSSR count). The van der Waals surface area contributed by atoms with E-state index in [1.165, 1.54) is 17.7 Å². The first-order valence-corrected chi connectivity index (χ1v) is 6.28. The molecule has 0 bridgehead atoms. The van der Waals surface area contributed by atoms with E-state index >= 15 is 0 Å². The minimum Gasteiger partial charge on any atom is -0.395 e. The summed E-state index contributed by atoms with van der Waals surface area (Å²) in [4.78, 5) is 21.9. The fraction of sp³-hybridized carbons (Fsp3) is 0.214. The van der Waals surface area contributed by atoms with Gasteiger partial charge in [0.2, 0.25) is 0 Å². The van der Waals surface area contributed by atoms with Crippen LogP contribution >= 0.6 is 0 Å². The van der Waals surface area contributed by atoms with Crippen molar-refractivity contribution in [2.24, 2.45) is 0 Å². The molecule has 1 heterocycles. The summed E-state index contributed by atoms with van der Waals surface area (Å²) in [5, 5.41) is 13.4. The molecule has 0 aliphatic heterocycles. The average Bonchev–Trinajstić information content (AvgIpc) is 3.06. The molecule has 1 aromatic carbocycles. The number of benzene rings is 1. The predicted octanol–water partition coefficient (Wildman–Crippen LogP) is 2.61. The summed E-state index contributed by atoms with van der Waals surface area (Å²) in [5.74, 6) is -0.900. The Morgan fingerprint density at radius 1 is 1.30 bits per heavy atom. The number of amides is 1. The zero-order valence-corrected chi connectivity index (χ0v) is 10.5. The molecule has 102 valence electrons. The summed E-state index contributed by atoms with van der Waals surface area (Å²) < 4.78 is 4.89. The third-order valence-corrected chi connectivity index (χ3v) is 3.43. The highest BCUT2D eigenvalue weighted by Crippen LogP contribution is 2.31. The van der Waals surface area contributed by atoms with E-state index in [4.69, 9.17) is 4.42 Å². The van der Waals surface area contributed by atoms with Crippen LogP contribution in [0.4, 0.5) is 5.88 Å². The molecule has 1 aromatic heterocycles. The van der Waals surface area contributed by atoms with E-state index in [9.17, 15) is 14.9 Å². The lowest BCUT2D eigenvalue weighted by molar-refractivity contribution is -0.402. The van der Waals surface area contributed by atoms with E-state index in [0.29, 0.717) is 0 Å². The number of hydrogen-bond acceptors (Lipinski definition) is 4. The second-order valence-corrected chi connectivity index (χ2v) is 4.66. The highest BCUT2D eigenvalue weighted by molar-refractivity contribution is 5.92. The number of nitrogens with zero attached hydrogens (tertiary/aromatic N) is 1. The van der Waals surface area contributed by atoms with Crippen LogP contribution < -0.4 is 5.32 Å². The standard InChI is InChI=1S/C14H12N2O4/c17-14(12-7-8-13(20-12)16(18)19)15-11-6-5-9-3-1-2-4-10(9)11/h1-4,7-8,11H,5-6H2,(H,15,17). The van der Waals surface area contributed by atoms with Gasteiger partial charge in [-0.2, -0.15) is 0 Å². The molecule has 6 nitrogen and oxygen atoms in total. The van der Waals surface area contributed by atoms with Crippen molar-refractivity contribution in [3.63, 3.8) is 0 Å². The highest BCUT2D eigenvalue weighted by Gasteiger charge is 2.25. The van der Waals surface area contributed by atoms with E-state index < -0.39 is 16.7 Å². The summed E-state index contributed by atoms with van der Waals surface area (Å²) in [5.41, 5.74) is 2.32. The number of carbonyl (C=O) groups is 1. The van der Waals surface area contributed by atoms with Crippen molar-refractivity contribution in [1.82, 2.24) is 5.32 Å². The lowest BCUT2D eigenvalue weighted by Crippen LogP contribution is -2.26. The smallest absolute Gasteiger partial charge is 0.395 e. The minimum atomic E-state index is -0.665. The van der Waals surface area contributed by atoms with Crippen LogP contribution in [0.2, 0.25) is 0 Å². The molecule has 1 aliphatic carbocycles. The molecule has 20 heavy (non-hydrogen) atoms. The minimum absolute atomic E-state index is 0.0407. The Hall–Kier alpha value is -2.63. The van der Waals surface area contributed by atoms with Crippen molar-refractivity contribution in [1.29, 1.82) is 0 Å². The van der Waals surface area contributed by atoms with Crippen LogP contribution in [0.15, 0.2) is 40.8 Å². The number of rotatable bonds is 3. The maximum Gasteiger partial charge on any atom is 0.433 e. The lowest BCUT2D eigenvalue weighted by Gasteiger charge is -2.12. The van der Waals surface area contributed by atoms with Gasteiger partial charge >= 0.3 is 5.88 Å². The molecule has 1 unspecified atom stereocenters. The van der Waals surface area contributed by atoms with Crippen LogP contribution in [0.5, 0.6) is 0 Å². The summed E-state index contributed by atoms with van der Waals surface area (Å²) >= 11 is 0. The van der Waals surface area contributed by atoms with Crippen LogP contribution in [0, 0.1) is 10.1 Å². The van der Waals surface area contributed by atoms with Gasteiger partial charge in [0.05, 0.1) is 12.1 Å². The molecule has 1 aliphatic rings. The van der Waals surface area contributed by atoms with E-state index in [1.807, 2.05) is 24.3 Å². The van der Waals surface area contributed by atoms with Gasteiger partial charge in [-0.1, -0.05) is 24.3 Å². The Morgan fingerprint density at radius 3 is 2.85 bits per heavy atom. The van der Waals surface area contributed by atoms with Crippen molar-refractivity contribution in [3.05, 3.63) is 63.4 Å². The number of furan rings is 1. The SMILES string of the molecule is O=C(NC1CCc2ccccc21)c1ccc([N+](=O)[O-])o1. The number of hydrogen-bond donors (Lipinski definition) is 1. The number of nitrogens with one attached hydrogen (secondary N) is 1. The zero-order valence-electron chi connectivity index (χ0n) is 10.5. The molecule has 2 aromatic rings. The van der Waals surface area contributed by atoms with Gasteiger partial charge in [0.15, 0.2) is 5.76 Å². The largest absolute Gasteiger partial charge is 0.433 e. The molecule has 0 spiro atoms. The topological polar surface area (TPSA) is 85.4 Å². The van der Waals surface area contributed by atoms with Gasteiger partial charge in [0.25, 0.3) is 5.91 Å². The van der Waals surface area contributed by atoms with Gasteiger partial charge in [-0.3, -0.25) is 14.9 Å². The predicted molar refractivity (Wildman–Crippen MR) is 70.3 cm³/mol. The van der Waals surface area contributed by atoms with Gasteiger partial charge in [-0.05, 0) is 30.0 Å². The van der Waals surface area contributed by atoms with Crippen molar-refractivity contribution in [2.75, 3.05) is 0 Å². The Morgan fingerprint density at radius 2 is 2.10 bits per heavy atom. The Bertz CT molecular complexity index is 677.